The Hall–Kier alpha value is -2.85. The zero-order valence-electron chi connectivity index (χ0n) is 16.3. The lowest BCUT2D eigenvalue weighted by Crippen LogP contribution is -2.45. The molecule has 2 aromatic heterocycles. The van der Waals surface area contributed by atoms with Crippen LogP contribution in [0.3, 0.4) is 0 Å². The Morgan fingerprint density at radius 2 is 2.07 bits per heavy atom. The topological polar surface area (TPSA) is 116 Å². The maximum absolute atomic E-state index is 12.9. The van der Waals surface area contributed by atoms with E-state index in [2.05, 4.69) is 20.4 Å². The van der Waals surface area contributed by atoms with E-state index in [-0.39, 0.29) is 29.2 Å². The molecule has 2 aliphatic rings. The number of hydrogen-bond donors (Lipinski definition) is 2. The maximum Gasteiger partial charge on any atom is 0.422 e. The maximum atomic E-state index is 12.9. The number of ether oxygens (including phenoxy) is 1. The zero-order chi connectivity index (χ0) is 21.5. The standard InChI is InChI=1S/C19H22F3N5O3/c1-18(7-10-2-3-10,16-25-17(23)30-27-16)26-15(28)13-6-14(29-9-19(20,21)22)12(8-24-13)11-4-5-11/h6,8,10-11H,2-5,7,9H2,1H3,(H,26,28)(H2,23,25,27)/t18-/m1/s1. The smallest absolute Gasteiger partial charge is 0.422 e. The van der Waals surface area contributed by atoms with Crippen LogP contribution < -0.4 is 15.8 Å². The van der Waals surface area contributed by atoms with Gasteiger partial charge in [0, 0.05) is 17.8 Å². The molecule has 162 valence electrons. The average Bonchev–Trinajstić information content (AvgIpc) is 3.59. The summed E-state index contributed by atoms with van der Waals surface area (Å²) in [6.45, 7) is 0.326. The third-order valence-corrected chi connectivity index (χ3v) is 5.25. The highest BCUT2D eigenvalue weighted by atomic mass is 19.4. The van der Waals surface area contributed by atoms with Crippen molar-refractivity contribution in [2.24, 2.45) is 5.92 Å². The van der Waals surface area contributed by atoms with Crippen molar-refractivity contribution in [3.05, 3.63) is 29.3 Å². The molecule has 1 amide bonds. The Morgan fingerprint density at radius 3 is 2.63 bits per heavy atom. The van der Waals surface area contributed by atoms with E-state index in [9.17, 15) is 18.0 Å². The second-order valence-electron chi connectivity index (χ2n) is 8.18. The number of hydrogen-bond acceptors (Lipinski definition) is 7. The monoisotopic (exact) mass is 425 g/mol. The Balaban J connectivity index is 1.56. The molecule has 2 saturated carbocycles. The van der Waals surface area contributed by atoms with Crippen LogP contribution in [-0.2, 0) is 5.54 Å². The highest BCUT2D eigenvalue weighted by Gasteiger charge is 2.40. The number of carbonyl (C=O) groups excluding carboxylic acids is 1. The molecule has 4 rings (SSSR count). The summed E-state index contributed by atoms with van der Waals surface area (Å²) in [5.74, 6) is 0.220. The first-order valence-electron chi connectivity index (χ1n) is 9.74. The Labute approximate surface area is 170 Å². The molecule has 0 saturated heterocycles. The third-order valence-electron chi connectivity index (χ3n) is 5.25. The van der Waals surface area contributed by atoms with Crippen LogP contribution in [0.1, 0.15) is 66.8 Å². The van der Waals surface area contributed by atoms with Crippen LogP contribution in [0.5, 0.6) is 5.75 Å². The first kappa shape index (κ1) is 20.4. The van der Waals surface area contributed by atoms with Crippen molar-refractivity contribution in [1.82, 2.24) is 20.4 Å². The Bertz CT molecular complexity index is 940. The van der Waals surface area contributed by atoms with Crippen molar-refractivity contribution in [2.75, 3.05) is 12.3 Å². The number of rotatable bonds is 8. The van der Waals surface area contributed by atoms with Crippen molar-refractivity contribution in [3.8, 4) is 5.75 Å². The number of anilines is 1. The number of aromatic nitrogens is 3. The van der Waals surface area contributed by atoms with Gasteiger partial charge in [-0.3, -0.25) is 9.78 Å². The molecule has 0 radical (unpaired) electrons. The van der Waals surface area contributed by atoms with Crippen molar-refractivity contribution in [3.63, 3.8) is 0 Å². The van der Waals surface area contributed by atoms with Gasteiger partial charge in [-0.1, -0.05) is 18.0 Å². The van der Waals surface area contributed by atoms with Crippen LogP contribution in [0.2, 0.25) is 0 Å². The summed E-state index contributed by atoms with van der Waals surface area (Å²) >= 11 is 0. The number of halogens is 3. The van der Waals surface area contributed by atoms with Crippen molar-refractivity contribution in [2.45, 2.75) is 56.7 Å². The van der Waals surface area contributed by atoms with E-state index in [1.807, 2.05) is 0 Å². The molecular formula is C19H22F3N5O3. The molecule has 2 heterocycles. The van der Waals surface area contributed by atoms with E-state index in [0.29, 0.717) is 17.9 Å². The van der Waals surface area contributed by atoms with Gasteiger partial charge in [0.15, 0.2) is 12.4 Å². The van der Waals surface area contributed by atoms with Gasteiger partial charge < -0.3 is 20.3 Å². The van der Waals surface area contributed by atoms with Gasteiger partial charge >= 0.3 is 12.2 Å². The first-order chi connectivity index (χ1) is 14.1. The molecule has 0 unspecified atom stereocenters. The lowest BCUT2D eigenvalue weighted by atomic mass is 9.93. The van der Waals surface area contributed by atoms with Gasteiger partial charge in [-0.25, -0.2) is 0 Å². The minimum Gasteiger partial charge on any atom is -0.484 e. The SMILES string of the molecule is C[C@](CC1CC1)(NC(=O)c1cc(OCC(F)(F)F)c(C2CC2)cn1)c1noc(N)n1. The molecular weight excluding hydrogens is 403 g/mol. The lowest BCUT2D eigenvalue weighted by molar-refractivity contribution is -0.153. The highest BCUT2D eigenvalue weighted by Crippen LogP contribution is 2.44. The number of pyridine rings is 1. The van der Waals surface area contributed by atoms with E-state index in [4.69, 9.17) is 15.0 Å². The van der Waals surface area contributed by atoms with Crippen LogP contribution in [-0.4, -0.2) is 33.8 Å². The second kappa shape index (κ2) is 7.44. The fourth-order valence-electron chi connectivity index (χ4n) is 3.43. The number of carbonyl (C=O) groups is 1. The molecule has 0 aliphatic heterocycles. The Morgan fingerprint density at radius 1 is 1.33 bits per heavy atom. The van der Waals surface area contributed by atoms with E-state index < -0.39 is 24.2 Å². The minimum absolute atomic E-state index is 0.0303. The summed E-state index contributed by atoms with van der Waals surface area (Å²) < 4.78 is 47.7. The fourth-order valence-corrected chi connectivity index (χ4v) is 3.43. The number of alkyl halides is 3. The van der Waals surface area contributed by atoms with Crippen LogP contribution >= 0.6 is 0 Å². The summed E-state index contributed by atoms with van der Waals surface area (Å²) in [4.78, 5) is 21.1. The quantitative estimate of drug-likeness (QED) is 0.666. The number of nitrogens with two attached hydrogens (primary N) is 1. The Kier molecular flexibility index (Phi) is 5.07. The summed E-state index contributed by atoms with van der Waals surface area (Å²) in [6, 6.07) is 1.15. The largest absolute Gasteiger partial charge is 0.484 e. The highest BCUT2D eigenvalue weighted by molar-refractivity contribution is 5.93. The van der Waals surface area contributed by atoms with Crippen LogP contribution in [0.15, 0.2) is 16.8 Å². The first-order valence-corrected chi connectivity index (χ1v) is 9.74. The van der Waals surface area contributed by atoms with Gasteiger partial charge in [0.25, 0.3) is 5.91 Å². The molecule has 11 heteroatoms. The molecule has 3 N–H and O–H groups in total. The molecule has 0 spiro atoms. The van der Waals surface area contributed by atoms with Crippen molar-refractivity contribution < 1.29 is 27.2 Å². The third kappa shape index (κ3) is 4.82. The molecule has 2 fully saturated rings. The van der Waals surface area contributed by atoms with Gasteiger partial charge in [-0.15, -0.1) is 0 Å². The second-order valence-corrected chi connectivity index (χ2v) is 8.18. The van der Waals surface area contributed by atoms with Crippen molar-refractivity contribution >= 4 is 11.9 Å². The number of nitrogens with zero attached hydrogens (tertiary/aromatic N) is 3. The van der Waals surface area contributed by atoms with Crippen molar-refractivity contribution in [1.29, 1.82) is 0 Å². The summed E-state index contributed by atoms with van der Waals surface area (Å²) in [5, 5.41) is 6.69. The normalized spacial score (nSPS) is 18.7. The molecule has 0 bridgehead atoms. The molecule has 0 aromatic carbocycles. The summed E-state index contributed by atoms with van der Waals surface area (Å²) in [7, 11) is 0. The average molecular weight is 425 g/mol. The number of nitrogen functional groups attached to an aromatic ring is 1. The van der Waals surface area contributed by atoms with Gasteiger partial charge in [0.05, 0.1) is 0 Å². The molecule has 1 atom stereocenters. The van der Waals surface area contributed by atoms with E-state index in [0.717, 1.165) is 25.7 Å². The number of nitrogens with one attached hydrogen (secondary N) is 1. The molecule has 8 nitrogen and oxygen atoms in total. The van der Waals surface area contributed by atoms with Gasteiger partial charge in [0.2, 0.25) is 0 Å². The van der Waals surface area contributed by atoms with Crippen LogP contribution in [0.25, 0.3) is 0 Å². The summed E-state index contributed by atoms with van der Waals surface area (Å²) in [5.41, 5.74) is 5.11. The van der Waals surface area contributed by atoms with E-state index in [1.165, 1.54) is 12.3 Å². The molecule has 2 aromatic rings. The fraction of sp³-hybridized carbons (Fsp3) is 0.579. The van der Waals surface area contributed by atoms with E-state index in [1.54, 1.807) is 6.92 Å². The predicted octanol–water partition coefficient (Wildman–Crippen LogP) is 3.31. The van der Waals surface area contributed by atoms with Crippen LogP contribution in [0, 0.1) is 5.92 Å². The number of amides is 1. The van der Waals surface area contributed by atoms with E-state index >= 15 is 0 Å². The van der Waals surface area contributed by atoms with Gasteiger partial charge in [0.1, 0.15) is 17.0 Å². The summed E-state index contributed by atoms with van der Waals surface area (Å²) in [6.07, 6.45) is 1.29. The molecule has 2 aliphatic carbocycles. The minimum atomic E-state index is -4.48. The lowest BCUT2D eigenvalue weighted by Gasteiger charge is -2.27. The van der Waals surface area contributed by atoms with Gasteiger partial charge in [-0.2, -0.15) is 18.2 Å². The molecule has 30 heavy (non-hydrogen) atoms. The van der Waals surface area contributed by atoms with Gasteiger partial charge in [-0.05, 0) is 38.0 Å². The zero-order valence-corrected chi connectivity index (χ0v) is 16.3. The predicted molar refractivity (Wildman–Crippen MR) is 98.6 cm³/mol. The van der Waals surface area contributed by atoms with Crippen LogP contribution in [0.4, 0.5) is 19.2 Å².